The van der Waals surface area contributed by atoms with Crippen LogP contribution in [0.4, 0.5) is 11.5 Å². The molecule has 0 aliphatic carbocycles. The van der Waals surface area contributed by atoms with E-state index in [1.165, 1.54) is 4.57 Å². The van der Waals surface area contributed by atoms with Crippen LogP contribution in [0.25, 0.3) is 0 Å². The van der Waals surface area contributed by atoms with E-state index in [0.717, 1.165) is 6.42 Å². The van der Waals surface area contributed by atoms with E-state index in [9.17, 15) is 9.59 Å². The summed E-state index contributed by atoms with van der Waals surface area (Å²) in [5.74, 6) is 0.167. The lowest BCUT2D eigenvalue weighted by molar-refractivity contribution is 0.0870. The SMILES string of the molecule is CCCn1c(N)c(NCCOC(C)C)c(=O)[nH]c1=O. The fraction of sp³-hybridized carbons (Fsp3) is 0.667. The van der Waals surface area contributed by atoms with Gasteiger partial charge < -0.3 is 15.8 Å². The minimum Gasteiger partial charge on any atom is -0.383 e. The Labute approximate surface area is 111 Å². The van der Waals surface area contributed by atoms with Crippen molar-refractivity contribution in [3.05, 3.63) is 20.8 Å². The van der Waals surface area contributed by atoms with E-state index in [1.807, 2.05) is 20.8 Å². The number of aromatic nitrogens is 2. The van der Waals surface area contributed by atoms with E-state index in [1.54, 1.807) is 0 Å². The zero-order valence-corrected chi connectivity index (χ0v) is 11.7. The lowest BCUT2D eigenvalue weighted by Crippen LogP contribution is -2.34. The Morgan fingerprint density at radius 1 is 1.42 bits per heavy atom. The van der Waals surface area contributed by atoms with Gasteiger partial charge in [-0.2, -0.15) is 0 Å². The standard InChI is InChI=1S/C12H22N4O3/c1-4-6-16-10(13)9(11(17)15-12(16)18)14-5-7-19-8(2)3/h8,14H,4-7,13H2,1-3H3,(H,15,17,18). The highest BCUT2D eigenvalue weighted by molar-refractivity contribution is 5.60. The lowest BCUT2D eigenvalue weighted by atomic mass is 10.4. The number of nitrogen functional groups attached to an aromatic ring is 1. The third-order valence-corrected chi connectivity index (χ3v) is 2.54. The number of nitrogens with one attached hydrogen (secondary N) is 2. The van der Waals surface area contributed by atoms with Crippen molar-refractivity contribution in [1.29, 1.82) is 0 Å². The second kappa shape index (κ2) is 6.98. The van der Waals surface area contributed by atoms with E-state index < -0.39 is 11.2 Å². The summed E-state index contributed by atoms with van der Waals surface area (Å²) in [5.41, 5.74) is 5.10. The normalized spacial score (nSPS) is 10.9. The van der Waals surface area contributed by atoms with Crippen molar-refractivity contribution in [2.45, 2.75) is 39.8 Å². The molecule has 4 N–H and O–H groups in total. The summed E-state index contributed by atoms with van der Waals surface area (Å²) < 4.78 is 6.71. The molecule has 0 aliphatic rings. The first-order chi connectivity index (χ1) is 8.97. The first-order valence-corrected chi connectivity index (χ1v) is 6.45. The van der Waals surface area contributed by atoms with Crippen LogP contribution in [0.15, 0.2) is 9.59 Å². The average molecular weight is 270 g/mol. The van der Waals surface area contributed by atoms with E-state index >= 15 is 0 Å². The first kappa shape index (κ1) is 15.3. The van der Waals surface area contributed by atoms with E-state index in [0.29, 0.717) is 19.7 Å². The number of nitrogens with zero attached hydrogens (tertiary/aromatic N) is 1. The third-order valence-electron chi connectivity index (χ3n) is 2.54. The Kier molecular flexibility index (Phi) is 5.62. The predicted octanol–water partition coefficient (Wildman–Crippen LogP) is 0.366. The summed E-state index contributed by atoms with van der Waals surface area (Å²) in [5, 5.41) is 2.91. The van der Waals surface area contributed by atoms with Gasteiger partial charge in [-0.05, 0) is 20.3 Å². The number of rotatable bonds is 7. The summed E-state index contributed by atoms with van der Waals surface area (Å²) in [6.07, 6.45) is 0.887. The minimum atomic E-state index is -0.501. The largest absolute Gasteiger partial charge is 0.383 e. The van der Waals surface area contributed by atoms with E-state index in [-0.39, 0.29) is 17.6 Å². The number of hydrogen-bond acceptors (Lipinski definition) is 5. The molecule has 0 saturated carbocycles. The first-order valence-electron chi connectivity index (χ1n) is 6.45. The van der Waals surface area contributed by atoms with E-state index in [2.05, 4.69) is 10.3 Å². The van der Waals surface area contributed by atoms with Crippen molar-refractivity contribution >= 4 is 11.5 Å². The van der Waals surface area contributed by atoms with Crippen LogP contribution >= 0.6 is 0 Å². The van der Waals surface area contributed by atoms with Gasteiger partial charge in [-0.25, -0.2) is 4.79 Å². The average Bonchev–Trinajstić information content (AvgIpc) is 2.33. The van der Waals surface area contributed by atoms with Crippen molar-refractivity contribution < 1.29 is 4.74 Å². The molecule has 19 heavy (non-hydrogen) atoms. The Morgan fingerprint density at radius 2 is 2.11 bits per heavy atom. The van der Waals surface area contributed by atoms with Crippen LogP contribution < -0.4 is 22.3 Å². The van der Waals surface area contributed by atoms with Gasteiger partial charge >= 0.3 is 5.69 Å². The fourth-order valence-electron chi connectivity index (χ4n) is 1.67. The Balaban J connectivity index is 2.85. The van der Waals surface area contributed by atoms with E-state index in [4.69, 9.17) is 10.5 Å². The zero-order chi connectivity index (χ0) is 14.4. The molecule has 0 spiro atoms. The van der Waals surface area contributed by atoms with Gasteiger partial charge in [0.05, 0.1) is 12.7 Å². The van der Waals surface area contributed by atoms with Gasteiger partial charge in [0.1, 0.15) is 11.5 Å². The van der Waals surface area contributed by atoms with Crippen LogP contribution in [0.2, 0.25) is 0 Å². The molecule has 0 radical (unpaired) electrons. The number of ether oxygens (including phenoxy) is 1. The molecule has 1 aromatic rings. The van der Waals surface area contributed by atoms with Crippen molar-refractivity contribution in [3.8, 4) is 0 Å². The van der Waals surface area contributed by atoms with Crippen molar-refractivity contribution in [3.63, 3.8) is 0 Å². The number of hydrogen-bond donors (Lipinski definition) is 3. The monoisotopic (exact) mass is 270 g/mol. The molecule has 108 valence electrons. The molecule has 7 nitrogen and oxygen atoms in total. The predicted molar refractivity (Wildman–Crippen MR) is 75.6 cm³/mol. The van der Waals surface area contributed by atoms with Crippen LogP contribution in [-0.2, 0) is 11.3 Å². The number of anilines is 2. The van der Waals surface area contributed by atoms with Crippen molar-refractivity contribution in [2.24, 2.45) is 0 Å². The lowest BCUT2D eigenvalue weighted by Gasteiger charge is -2.13. The summed E-state index contributed by atoms with van der Waals surface area (Å²) in [6, 6.07) is 0. The van der Waals surface area contributed by atoms with Crippen LogP contribution in [-0.4, -0.2) is 28.8 Å². The maximum atomic E-state index is 11.7. The summed E-state index contributed by atoms with van der Waals surface area (Å²) in [6.45, 7) is 7.18. The molecule has 0 saturated heterocycles. The molecule has 1 aromatic heterocycles. The highest BCUT2D eigenvalue weighted by atomic mass is 16.5. The minimum absolute atomic E-state index is 0.131. The van der Waals surface area contributed by atoms with Crippen molar-refractivity contribution in [1.82, 2.24) is 9.55 Å². The topological polar surface area (TPSA) is 102 Å². The number of H-pyrrole nitrogens is 1. The molecule has 0 atom stereocenters. The molecule has 1 heterocycles. The molecule has 0 amide bonds. The summed E-state index contributed by atoms with van der Waals surface area (Å²) in [4.78, 5) is 25.5. The van der Waals surface area contributed by atoms with Crippen LogP contribution in [0.3, 0.4) is 0 Å². The molecule has 0 fully saturated rings. The van der Waals surface area contributed by atoms with Gasteiger partial charge in [-0.15, -0.1) is 0 Å². The van der Waals surface area contributed by atoms with Crippen LogP contribution in [0.5, 0.6) is 0 Å². The Hall–Kier alpha value is -1.76. The zero-order valence-electron chi connectivity index (χ0n) is 11.7. The maximum absolute atomic E-state index is 11.7. The fourth-order valence-corrected chi connectivity index (χ4v) is 1.67. The molecular formula is C12H22N4O3. The molecule has 0 bridgehead atoms. The van der Waals surface area contributed by atoms with Gasteiger partial charge in [-0.3, -0.25) is 14.3 Å². The van der Waals surface area contributed by atoms with Gasteiger partial charge in [-0.1, -0.05) is 6.92 Å². The third kappa shape index (κ3) is 4.13. The summed E-state index contributed by atoms with van der Waals surface area (Å²) >= 11 is 0. The van der Waals surface area contributed by atoms with Gasteiger partial charge in [0.15, 0.2) is 0 Å². The number of nitrogens with two attached hydrogens (primary N) is 1. The highest BCUT2D eigenvalue weighted by Crippen LogP contribution is 2.09. The molecule has 0 unspecified atom stereocenters. The summed E-state index contributed by atoms with van der Waals surface area (Å²) in [7, 11) is 0. The quantitative estimate of drug-likeness (QED) is 0.621. The smallest absolute Gasteiger partial charge is 0.330 e. The number of aromatic amines is 1. The second-order valence-corrected chi connectivity index (χ2v) is 4.52. The molecule has 0 aromatic carbocycles. The van der Waals surface area contributed by atoms with Gasteiger partial charge in [0.25, 0.3) is 5.56 Å². The second-order valence-electron chi connectivity index (χ2n) is 4.52. The molecule has 0 aliphatic heterocycles. The maximum Gasteiger partial charge on any atom is 0.330 e. The van der Waals surface area contributed by atoms with Crippen LogP contribution in [0, 0.1) is 0 Å². The van der Waals surface area contributed by atoms with Crippen LogP contribution in [0.1, 0.15) is 27.2 Å². The van der Waals surface area contributed by atoms with Gasteiger partial charge in [0, 0.05) is 13.1 Å². The molecule has 7 heteroatoms. The Morgan fingerprint density at radius 3 is 2.68 bits per heavy atom. The highest BCUT2D eigenvalue weighted by Gasteiger charge is 2.11. The van der Waals surface area contributed by atoms with Gasteiger partial charge in [0.2, 0.25) is 0 Å². The molecular weight excluding hydrogens is 248 g/mol. The molecule has 1 rings (SSSR count). The van der Waals surface area contributed by atoms with Crippen molar-refractivity contribution in [2.75, 3.05) is 24.2 Å². The Bertz CT molecular complexity index is 519.